The SMILES string of the molecule is CN=C(NCC(=O)N(C)CCc1ccccn1)NC1CCN(c2cccs2)CC1. The van der Waals surface area contributed by atoms with Crippen molar-refractivity contribution < 1.29 is 4.79 Å². The zero-order chi connectivity index (χ0) is 20.5. The zero-order valence-corrected chi connectivity index (χ0v) is 18.0. The predicted octanol–water partition coefficient (Wildman–Crippen LogP) is 1.98. The summed E-state index contributed by atoms with van der Waals surface area (Å²) in [5.41, 5.74) is 0.992. The van der Waals surface area contributed by atoms with E-state index in [4.69, 9.17) is 0 Å². The first-order chi connectivity index (χ1) is 14.2. The Labute approximate surface area is 176 Å². The van der Waals surface area contributed by atoms with E-state index in [0.717, 1.165) is 38.0 Å². The van der Waals surface area contributed by atoms with E-state index in [9.17, 15) is 4.79 Å². The molecule has 0 spiro atoms. The number of thiophene rings is 1. The standard InChI is InChI=1S/C21H30N6OS/c1-22-21(25-18-9-13-27(14-10-18)20-7-5-15-29-20)24-16-19(28)26(2)12-8-17-6-3-4-11-23-17/h3-7,11,15,18H,8-10,12-14,16H2,1-2H3,(H2,22,24,25). The number of guanidine groups is 1. The second kappa shape index (κ2) is 10.8. The van der Waals surface area contributed by atoms with Crippen molar-refractivity contribution in [2.24, 2.45) is 4.99 Å². The summed E-state index contributed by atoms with van der Waals surface area (Å²) in [5, 5.41) is 10.1. The van der Waals surface area contributed by atoms with Gasteiger partial charge in [0, 0.05) is 58.1 Å². The summed E-state index contributed by atoms with van der Waals surface area (Å²) in [5.74, 6) is 0.724. The molecule has 8 heteroatoms. The minimum atomic E-state index is 0.0383. The van der Waals surface area contributed by atoms with Crippen LogP contribution in [0.4, 0.5) is 5.00 Å². The maximum Gasteiger partial charge on any atom is 0.241 e. The Morgan fingerprint density at radius 3 is 2.79 bits per heavy atom. The monoisotopic (exact) mass is 414 g/mol. The van der Waals surface area contributed by atoms with E-state index in [0.29, 0.717) is 18.5 Å². The summed E-state index contributed by atoms with van der Waals surface area (Å²) < 4.78 is 0. The molecule has 3 heterocycles. The van der Waals surface area contributed by atoms with Crippen LogP contribution in [0.2, 0.25) is 0 Å². The van der Waals surface area contributed by atoms with Gasteiger partial charge in [0.25, 0.3) is 0 Å². The van der Waals surface area contributed by atoms with Gasteiger partial charge in [-0.3, -0.25) is 14.8 Å². The molecule has 2 N–H and O–H groups in total. The molecule has 0 atom stereocenters. The predicted molar refractivity (Wildman–Crippen MR) is 120 cm³/mol. The highest BCUT2D eigenvalue weighted by Crippen LogP contribution is 2.24. The van der Waals surface area contributed by atoms with Crippen molar-refractivity contribution in [2.45, 2.75) is 25.3 Å². The van der Waals surface area contributed by atoms with Gasteiger partial charge in [0.05, 0.1) is 11.5 Å². The average Bonchev–Trinajstić information content (AvgIpc) is 3.30. The van der Waals surface area contributed by atoms with Crippen LogP contribution in [0.25, 0.3) is 0 Å². The molecule has 156 valence electrons. The van der Waals surface area contributed by atoms with Crippen molar-refractivity contribution in [1.82, 2.24) is 20.5 Å². The third kappa shape index (κ3) is 6.45. The summed E-state index contributed by atoms with van der Waals surface area (Å²) in [6, 6.07) is 10.5. The van der Waals surface area contributed by atoms with E-state index < -0.39 is 0 Å². The Morgan fingerprint density at radius 2 is 2.14 bits per heavy atom. The van der Waals surface area contributed by atoms with Gasteiger partial charge in [-0.15, -0.1) is 11.3 Å². The van der Waals surface area contributed by atoms with Crippen LogP contribution < -0.4 is 15.5 Å². The molecule has 0 unspecified atom stereocenters. The van der Waals surface area contributed by atoms with Crippen molar-refractivity contribution in [3.8, 4) is 0 Å². The van der Waals surface area contributed by atoms with Crippen molar-refractivity contribution in [1.29, 1.82) is 0 Å². The van der Waals surface area contributed by atoms with Gasteiger partial charge in [-0.1, -0.05) is 6.07 Å². The molecule has 1 fully saturated rings. The second-order valence-electron chi connectivity index (χ2n) is 7.17. The molecule has 1 amide bonds. The molecule has 3 rings (SSSR count). The molecule has 0 saturated carbocycles. The molecule has 0 bridgehead atoms. The minimum Gasteiger partial charge on any atom is -0.363 e. The highest BCUT2D eigenvalue weighted by atomic mass is 32.1. The van der Waals surface area contributed by atoms with E-state index in [2.05, 4.69) is 43.0 Å². The minimum absolute atomic E-state index is 0.0383. The first-order valence-corrected chi connectivity index (χ1v) is 10.9. The highest BCUT2D eigenvalue weighted by molar-refractivity contribution is 7.14. The summed E-state index contributed by atoms with van der Waals surface area (Å²) in [6.45, 7) is 2.94. The third-order valence-electron chi connectivity index (χ3n) is 5.14. The molecule has 2 aromatic heterocycles. The largest absolute Gasteiger partial charge is 0.363 e. The van der Waals surface area contributed by atoms with Crippen molar-refractivity contribution >= 4 is 28.2 Å². The van der Waals surface area contributed by atoms with Gasteiger partial charge in [-0.2, -0.15) is 0 Å². The summed E-state index contributed by atoms with van der Waals surface area (Å²) in [6.07, 6.45) is 4.63. The lowest BCUT2D eigenvalue weighted by Crippen LogP contribution is -2.50. The number of aliphatic imine (C=N–C) groups is 1. The van der Waals surface area contributed by atoms with Crippen LogP contribution in [0.5, 0.6) is 0 Å². The number of hydrogen-bond acceptors (Lipinski definition) is 5. The average molecular weight is 415 g/mol. The number of amides is 1. The number of piperidine rings is 1. The normalized spacial score (nSPS) is 15.2. The van der Waals surface area contributed by atoms with Crippen LogP contribution in [0, 0.1) is 0 Å². The molecular formula is C21H30N6OS. The fraction of sp³-hybridized carbons (Fsp3) is 0.476. The van der Waals surface area contributed by atoms with E-state index in [1.165, 1.54) is 5.00 Å². The van der Waals surface area contributed by atoms with Crippen LogP contribution >= 0.6 is 11.3 Å². The smallest absolute Gasteiger partial charge is 0.241 e. The second-order valence-corrected chi connectivity index (χ2v) is 8.10. The van der Waals surface area contributed by atoms with E-state index in [1.807, 2.05) is 25.2 Å². The number of hydrogen-bond donors (Lipinski definition) is 2. The molecule has 1 aliphatic rings. The number of carbonyl (C=O) groups excluding carboxylic acids is 1. The fourth-order valence-electron chi connectivity index (χ4n) is 3.33. The molecule has 0 aliphatic carbocycles. The quantitative estimate of drug-likeness (QED) is 0.535. The lowest BCUT2D eigenvalue weighted by Gasteiger charge is -2.33. The number of nitrogens with one attached hydrogen (secondary N) is 2. The van der Waals surface area contributed by atoms with Gasteiger partial charge < -0.3 is 20.4 Å². The zero-order valence-electron chi connectivity index (χ0n) is 17.2. The Kier molecular flexibility index (Phi) is 7.86. The topological polar surface area (TPSA) is 72.9 Å². The molecule has 0 aromatic carbocycles. The van der Waals surface area contributed by atoms with Crippen molar-refractivity contribution in [3.05, 3.63) is 47.6 Å². The number of aromatic nitrogens is 1. The third-order valence-corrected chi connectivity index (χ3v) is 6.07. The molecular weight excluding hydrogens is 384 g/mol. The molecule has 29 heavy (non-hydrogen) atoms. The number of pyridine rings is 1. The number of anilines is 1. The van der Waals surface area contributed by atoms with E-state index >= 15 is 0 Å². The lowest BCUT2D eigenvalue weighted by atomic mass is 10.1. The Bertz CT molecular complexity index is 772. The van der Waals surface area contributed by atoms with Crippen LogP contribution in [-0.2, 0) is 11.2 Å². The molecule has 2 aromatic rings. The Balaban J connectivity index is 1.37. The maximum atomic E-state index is 12.4. The van der Waals surface area contributed by atoms with Crippen LogP contribution in [0.3, 0.4) is 0 Å². The van der Waals surface area contributed by atoms with Gasteiger partial charge in [0.2, 0.25) is 5.91 Å². The molecule has 7 nitrogen and oxygen atoms in total. The molecule has 1 aliphatic heterocycles. The van der Waals surface area contributed by atoms with Crippen LogP contribution in [0.15, 0.2) is 46.9 Å². The summed E-state index contributed by atoms with van der Waals surface area (Å²) >= 11 is 1.79. The summed E-state index contributed by atoms with van der Waals surface area (Å²) in [4.78, 5) is 25.1. The van der Waals surface area contributed by atoms with E-state index in [-0.39, 0.29) is 12.5 Å². The molecule has 1 saturated heterocycles. The van der Waals surface area contributed by atoms with Gasteiger partial charge in [0.15, 0.2) is 5.96 Å². The summed E-state index contributed by atoms with van der Waals surface area (Å²) in [7, 11) is 3.56. The van der Waals surface area contributed by atoms with Gasteiger partial charge >= 0.3 is 0 Å². The first kappa shape index (κ1) is 21.1. The van der Waals surface area contributed by atoms with Gasteiger partial charge in [0.1, 0.15) is 0 Å². The van der Waals surface area contributed by atoms with Crippen molar-refractivity contribution in [3.63, 3.8) is 0 Å². The van der Waals surface area contributed by atoms with Crippen LogP contribution in [-0.4, -0.2) is 68.1 Å². The number of carbonyl (C=O) groups is 1. The Hall–Kier alpha value is -2.61. The Morgan fingerprint density at radius 1 is 1.31 bits per heavy atom. The number of nitrogens with zero attached hydrogens (tertiary/aromatic N) is 4. The first-order valence-electron chi connectivity index (χ1n) is 10.0. The lowest BCUT2D eigenvalue weighted by molar-refractivity contribution is -0.128. The molecule has 0 radical (unpaired) electrons. The van der Waals surface area contributed by atoms with Gasteiger partial charge in [-0.05, 0) is 42.5 Å². The number of rotatable bonds is 7. The fourth-order valence-corrected chi connectivity index (χ4v) is 4.11. The highest BCUT2D eigenvalue weighted by Gasteiger charge is 2.21. The van der Waals surface area contributed by atoms with E-state index in [1.54, 1.807) is 29.5 Å². The van der Waals surface area contributed by atoms with Crippen LogP contribution in [0.1, 0.15) is 18.5 Å². The van der Waals surface area contributed by atoms with Crippen molar-refractivity contribution in [2.75, 3.05) is 45.2 Å². The maximum absolute atomic E-state index is 12.4. The van der Waals surface area contributed by atoms with Gasteiger partial charge in [-0.25, -0.2) is 0 Å². The number of likely N-dealkylation sites (N-methyl/N-ethyl adjacent to an activating group) is 1.